The fourth-order valence-electron chi connectivity index (χ4n) is 1.14. The van der Waals surface area contributed by atoms with Crippen molar-refractivity contribution in [3.05, 3.63) is 19.2 Å². The van der Waals surface area contributed by atoms with Gasteiger partial charge in [0.15, 0.2) is 0 Å². The number of hydrogen-bond acceptors (Lipinski definition) is 2. The summed E-state index contributed by atoms with van der Waals surface area (Å²) in [5, 5.41) is 2.89. The van der Waals surface area contributed by atoms with Gasteiger partial charge >= 0.3 is 0 Å². The van der Waals surface area contributed by atoms with Crippen molar-refractivity contribution in [1.82, 2.24) is 5.32 Å². The van der Waals surface area contributed by atoms with E-state index in [1.54, 1.807) is 0 Å². The molecule has 0 aliphatic carbocycles. The van der Waals surface area contributed by atoms with Crippen molar-refractivity contribution >= 4 is 60.7 Å². The monoisotopic (exact) mass is 387 g/mol. The second-order valence-corrected chi connectivity index (χ2v) is 6.84. The summed E-state index contributed by atoms with van der Waals surface area (Å²) in [6.45, 7) is 0.711. The number of alkyl halides is 1. The summed E-state index contributed by atoms with van der Waals surface area (Å²) in [4.78, 5) is 12.4. The molecule has 0 aliphatic heterocycles. The van der Waals surface area contributed by atoms with Crippen LogP contribution in [0.25, 0.3) is 0 Å². The zero-order valence-corrected chi connectivity index (χ0v) is 13.3. The van der Waals surface area contributed by atoms with E-state index >= 15 is 0 Å². The summed E-state index contributed by atoms with van der Waals surface area (Å²) >= 11 is 13.7. The van der Waals surface area contributed by atoms with Crippen LogP contribution in [0.5, 0.6) is 0 Å². The molecular weight excluding hydrogens is 377 g/mol. The van der Waals surface area contributed by atoms with Crippen LogP contribution in [0, 0.1) is 0 Å². The quantitative estimate of drug-likeness (QED) is 0.567. The predicted octanol–water partition coefficient (Wildman–Crippen LogP) is 4.41. The van der Waals surface area contributed by atoms with Gasteiger partial charge in [0.25, 0.3) is 5.91 Å². The van der Waals surface area contributed by atoms with Crippen LogP contribution in [-0.4, -0.2) is 18.3 Å². The third-order valence-electron chi connectivity index (χ3n) is 1.96. The highest BCUT2D eigenvalue weighted by molar-refractivity contribution is 9.13. The summed E-state index contributed by atoms with van der Waals surface area (Å²) in [6, 6.07) is 1.82. The minimum atomic E-state index is -0.0118. The molecule has 0 saturated heterocycles. The predicted molar refractivity (Wildman–Crippen MR) is 76.6 cm³/mol. The molecule has 1 amide bonds. The minimum absolute atomic E-state index is 0.0118. The third-order valence-corrected chi connectivity index (χ3v) is 5.49. The van der Waals surface area contributed by atoms with Crippen LogP contribution in [0.4, 0.5) is 0 Å². The SMILES string of the molecule is O=C(NCCCCCCl)c1cc(Br)c(Br)s1. The van der Waals surface area contributed by atoms with Gasteiger partial charge in [0.1, 0.15) is 0 Å². The number of unbranched alkanes of at least 4 members (excludes halogenated alkanes) is 2. The first-order chi connectivity index (χ1) is 7.65. The standard InChI is InChI=1S/C10H12Br2ClNOS/c11-7-6-8(16-9(7)12)10(15)14-5-3-1-2-4-13/h6H,1-5H2,(H,14,15). The second-order valence-electron chi connectivity index (χ2n) is 3.24. The Morgan fingerprint density at radius 2 is 2.12 bits per heavy atom. The lowest BCUT2D eigenvalue weighted by molar-refractivity contribution is 0.0957. The van der Waals surface area contributed by atoms with Gasteiger partial charge < -0.3 is 5.32 Å². The van der Waals surface area contributed by atoms with Gasteiger partial charge in [-0.1, -0.05) is 6.42 Å². The molecule has 1 N–H and O–H groups in total. The molecule has 1 heterocycles. The number of nitrogens with one attached hydrogen (secondary N) is 1. The molecule has 16 heavy (non-hydrogen) atoms. The fourth-order valence-corrected chi connectivity index (χ4v) is 3.28. The van der Waals surface area contributed by atoms with Crippen LogP contribution in [-0.2, 0) is 0 Å². The summed E-state index contributed by atoms with van der Waals surface area (Å²) in [5.41, 5.74) is 0. The molecule has 90 valence electrons. The Kier molecular flexibility index (Phi) is 6.96. The van der Waals surface area contributed by atoms with Gasteiger partial charge in [-0.05, 0) is 50.8 Å². The molecule has 0 saturated carbocycles. The average Bonchev–Trinajstić information content (AvgIpc) is 2.59. The number of carbonyl (C=O) groups is 1. The zero-order valence-electron chi connectivity index (χ0n) is 8.56. The molecular formula is C10H12Br2ClNOS. The van der Waals surface area contributed by atoms with Crippen molar-refractivity contribution in [3.63, 3.8) is 0 Å². The smallest absolute Gasteiger partial charge is 0.261 e. The molecule has 0 aromatic carbocycles. The van der Waals surface area contributed by atoms with Gasteiger partial charge in [0.05, 0.1) is 8.66 Å². The van der Waals surface area contributed by atoms with Crippen LogP contribution in [0.1, 0.15) is 28.9 Å². The third kappa shape index (κ3) is 4.73. The van der Waals surface area contributed by atoms with Crippen LogP contribution in [0.15, 0.2) is 14.3 Å². The molecule has 0 aliphatic rings. The molecule has 0 spiro atoms. The molecule has 1 rings (SSSR count). The normalized spacial score (nSPS) is 10.4. The maximum absolute atomic E-state index is 11.7. The van der Waals surface area contributed by atoms with E-state index in [1.165, 1.54) is 11.3 Å². The molecule has 0 unspecified atom stereocenters. The Labute approximate surface area is 121 Å². The van der Waals surface area contributed by atoms with E-state index in [0.717, 1.165) is 32.4 Å². The van der Waals surface area contributed by atoms with E-state index in [4.69, 9.17) is 11.6 Å². The first-order valence-electron chi connectivity index (χ1n) is 4.94. The van der Waals surface area contributed by atoms with E-state index in [9.17, 15) is 4.79 Å². The van der Waals surface area contributed by atoms with Gasteiger partial charge in [0.2, 0.25) is 0 Å². The van der Waals surface area contributed by atoms with Crippen molar-refractivity contribution in [2.45, 2.75) is 19.3 Å². The second kappa shape index (κ2) is 7.69. The Morgan fingerprint density at radius 1 is 1.38 bits per heavy atom. The first kappa shape index (κ1) is 14.5. The number of thiophene rings is 1. The highest BCUT2D eigenvalue weighted by Gasteiger charge is 2.10. The summed E-state index contributed by atoms with van der Waals surface area (Å²) in [6.07, 6.45) is 3.04. The number of rotatable bonds is 6. The maximum Gasteiger partial charge on any atom is 0.261 e. The van der Waals surface area contributed by atoms with Gasteiger partial charge in [-0.2, -0.15) is 0 Å². The molecule has 0 radical (unpaired) electrons. The van der Waals surface area contributed by atoms with E-state index < -0.39 is 0 Å². The Hall–Kier alpha value is 0.420. The van der Waals surface area contributed by atoms with Gasteiger partial charge in [-0.3, -0.25) is 4.79 Å². The summed E-state index contributed by atoms with van der Waals surface area (Å²) < 4.78 is 1.87. The number of hydrogen-bond donors (Lipinski definition) is 1. The number of halogens is 3. The topological polar surface area (TPSA) is 29.1 Å². The van der Waals surface area contributed by atoms with Crippen LogP contribution >= 0.6 is 54.8 Å². The van der Waals surface area contributed by atoms with Crippen LogP contribution in [0.3, 0.4) is 0 Å². The summed E-state index contributed by atoms with van der Waals surface area (Å²) in [5.74, 6) is 0.681. The van der Waals surface area contributed by atoms with Crippen molar-refractivity contribution in [1.29, 1.82) is 0 Å². The Balaban J connectivity index is 2.30. The molecule has 1 aromatic heterocycles. The zero-order chi connectivity index (χ0) is 12.0. The molecule has 0 bridgehead atoms. The van der Waals surface area contributed by atoms with Crippen molar-refractivity contribution in [2.75, 3.05) is 12.4 Å². The van der Waals surface area contributed by atoms with Crippen LogP contribution < -0.4 is 5.32 Å². The highest BCUT2D eigenvalue weighted by Crippen LogP contribution is 2.32. The molecule has 2 nitrogen and oxygen atoms in total. The molecule has 6 heteroatoms. The Morgan fingerprint density at radius 3 is 2.69 bits per heavy atom. The molecule has 1 aromatic rings. The maximum atomic E-state index is 11.7. The van der Waals surface area contributed by atoms with Crippen molar-refractivity contribution in [2.24, 2.45) is 0 Å². The average molecular weight is 390 g/mol. The minimum Gasteiger partial charge on any atom is -0.351 e. The van der Waals surface area contributed by atoms with Crippen molar-refractivity contribution < 1.29 is 4.79 Å². The number of amides is 1. The van der Waals surface area contributed by atoms with Crippen LogP contribution in [0.2, 0.25) is 0 Å². The lowest BCUT2D eigenvalue weighted by Gasteiger charge is -2.02. The summed E-state index contributed by atoms with van der Waals surface area (Å²) in [7, 11) is 0. The Bertz CT molecular complexity index is 337. The van der Waals surface area contributed by atoms with Gasteiger partial charge in [-0.15, -0.1) is 22.9 Å². The largest absolute Gasteiger partial charge is 0.351 e. The lowest BCUT2D eigenvalue weighted by Crippen LogP contribution is -2.23. The number of carbonyl (C=O) groups excluding carboxylic acids is 1. The first-order valence-corrected chi connectivity index (χ1v) is 7.88. The van der Waals surface area contributed by atoms with E-state index in [1.807, 2.05) is 6.07 Å². The van der Waals surface area contributed by atoms with E-state index in [-0.39, 0.29) is 5.91 Å². The lowest BCUT2D eigenvalue weighted by atomic mass is 10.2. The van der Waals surface area contributed by atoms with Gasteiger partial charge in [-0.25, -0.2) is 0 Å². The fraction of sp³-hybridized carbons (Fsp3) is 0.500. The highest BCUT2D eigenvalue weighted by atomic mass is 79.9. The van der Waals surface area contributed by atoms with E-state index in [2.05, 4.69) is 37.2 Å². The molecule has 0 fully saturated rings. The molecule has 0 atom stereocenters. The van der Waals surface area contributed by atoms with Crippen molar-refractivity contribution in [3.8, 4) is 0 Å². The van der Waals surface area contributed by atoms with Gasteiger partial charge in [0, 0.05) is 16.9 Å². The van der Waals surface area contributed by atoms with E-state index in [0.29, 0.717) is 12.4 Å².